The number of H-pyrrole nitrogens is 1. The van der Waals surface area contributed by atoms with Gasteiger partial charge in [0.25, 0.3) is 0 Å². The van der Waals surface area contributed by atoms with E-state index in [4.69, 9.17) is 14.2 Å². The van der Waals surface area contributed by atoms with Crippen molar-refractivity contribution in [2.75, 3.05) is 21.3 Å². The third-order valence-corrected chi connectivity index (χ3v) is 5.09. The van der Waals surface area contributed by atoms with E-state index >= 15 is 0 Å². The molecule has 158 valence electrons. The molecule has 4 rings (SSSR count). The van der Waals surface area contributed by atoms with Gasteiger partial charge in [0.15, 0.2) is 17.3 Å². The highest BCUT2D eigenvalue weighted by molar-refractivity contribution is 6.32. The molecule has 2 aromatic heterocycles. The first kappa shape index (κ1) is 20.3. The fourth-order valence-electron chi connectivity index (χ4n) is 3.46. The van der Waals surface area contributed by atoms with Gasteiger partial charge in [-0.05, 0) is 42.5 Å². The SMILES string of the molecule is COc1cc(C(=O)/C(=C/c2cccn2C)c2nc3ccccc3[nH]2)cc(OC)c1OC. The monoisotopic (exact) mass is 417 g/mol. The maximum atomic E-state index is 13.7. The predicted molar refractivity (Wildman–Crippen MR) is 120 cm³/mol. The Bertz CT molecular complexity index is 1220. The standard InChI is InChI=1S/C24H23N3O4/c1-27-11-7-8-16(27)14-17(24-25-18-9-5-6-10-19(18)26-24)22(28)15-12-20(29-2)23(31-4)21(13-15)30-3/h5-14H,1-4H3,(H,25,26)/b17-14-. The fraction of sp³-hybridized carbons (Fsp3) is 0.167. The quantitative estimate of drug-likeness (QED) is 0.357. The van der Waals surface area contributed by atoms with E-state index in [1.54, 1.807) is 12.1 Å². The second kappa shape index (κ2) is 8.39. The third kappa shape index (κ3) is 3.77. The molecule has 1 N–H and O–H groups in total. The average Bonchev–Trinajstić information content (AvgIpc) is 3.41. The number of rotatable bonds is 7. The van der Waals surface area contributed by atoms with Gasteiger partial charge in [0.2, 0.25) is 5.75 Å². The first-order valence-corrected chi connectivity index (χ1v) is 9.68. The molecular formula is C24H23N3O4. The molecule has 0 bridgehead atoms. The number of ketones is 1. The number of imidazole rings is 1. The van der Waals surface area contributed by atoms with Crippen molar-refractivity contribution in [2.45, 2.75) is 0 Å². The van der Waals surface area contributed by atoms with Crippen LogP contribution in [-0.2, 0) is 7.05 Å². The number of fused-ring (bicyclic) bond motifs is 1. The van der Waals surface area contributed by atoms with Crippen LogP contribution in [0.5, 0.6) is 17.2 Å². The van der Waals surface area contributed by atoms with Gasteiger partial charge in [0, 0.05) is 24.5 Å². The second-order valence-corrected chi connectivity index (χ2v) is 6.95. The van der Waals surface area contributed by atoms with Crippen LogP contribution in [0.2, 0.25) is 0 Å². The molecule has 0 spiro atoms. The van der Waals surface area contributed by atoms with Gasteiger partial charge in [-0.2, -0.15) is 0 Å². The van der Waals surface area contributed by atoms with Crippen molar-refractivity contribution >= 4 is 28.5 Å². The van der Waals surface area contributed by atoms with Crippen LogP contribution in [0, 0.1) is 0 Å². The smallest absolute Gasteiger partial charge is 0.203 e. The highest BCUT2D eigenvalue weighted by atomic mass is 16.5. The summed E-state index contributed by atoms with van der Waals surface area (Å²) in [6.45, 7) is 0. The van der Waals surface area contributed by atoms with Crippen molar-refractivity contribution in [3.63, 3.8) is 0 Å². The molecule has 0 aliphatic carbocycles. The molecular weight excluding hydrogens is 394 g/mol. The molecule has 7 nitrogen and oxygen atoms in total. The Balaban J connectivity index is 1.89. The molecule has 0 unspecified atom stereocenters. The number of carbonyl (C=O) groups is 1. The Hall–Kier alpha value is -4.00. The zero-order valence-corrected chi connectivity index (χ0v) is 17.8. The van der Waals surface area contributed by atoms with Gasteiger partial charge in [-0.1, -0.05) is 12.1 Å². The Morgan fingerprint density at radius 2 is 1.71 bits per heavy atom. The molecule has 31 heavy (non-hydrogen) atoms. The number of aryl methyl sites for hydroxylation is 1. The number of aromatic nitrogens is 3. The van der Waals surface area contributed by atoms with Crippen molar-refractivity contribution in [3.8, 4) is 17.2 Å². The van der Waals surface area contributed by atoms with E-state index in [2.05, 4.69) is 9.97 Å². The number of hydrogen-bond acceptors (Lipinski definition) is 5. The number of benzene rings is 2. The van der Waals surface area contributed by atoms with Gasteiger partial charge in [-0.15, -0.1) is 0 Å². The van der Waals surface area contributed by atoms with Gasteiger partial charge in [-0.3, -0.25) is 4.79 Å². The molecule has 2 aromatic carbocycles. The minimum atomic E-state index is -0.223. The molecule has 0 amide bonds. The molecule has 0 atom stereocenters. The van der Waals surface area contributed by atoms with E-state index in [1.807, 2.05) is 60.3 Å². The number of aromatic amines is 1. The number of para-hydroxylation sites is 2. The van der Waals surface area contributed by atoms with Gasteiger partial charge < -0.3 is 23.8 Å². The average molecular weight is 417 g/mol. The summed E-state index contributed by atoms with van der Waals surface area (Å²) in [7, 11) is 6.49. The first-order chi connectivity index (χ1) is 15.0. The number of ether oxygens (including phenoxy) is 3. The Morgan fingerprint density at radius 1 is 1.00 bits per heavy atom. The highest BCUT2D eigenvalue weighted by Gasteiger charge is 2.23. The number of hydrogen-bond donors (Lipinski definition) is 1. The minimum absolute atomic E-state index is 0.223. The zero-order chi connectivity index (χ0) is 22.0. The lowest BCUT2D eigenvalue weighted by Crippen LogP contribution is -2.07. The third-order valence-electron chi connectivity index (χ3n) is 5.09. The molecule has 4 aromatic rings. The molecule has 0 aliphatic rings. The predicted octanol–water partition coefficient (Wildman–Crippen LogP) is 4.35. The topological polar surface area (TPSA) is 78.4 Å². The number of methoxy groups -OCH3 is 3. The summed E-state index contributed by atoms with van der Waals surface area (Å²) in [4.78, 5) is 21.6. The Morgan fingerprint density at radius 3 is 2.29 bits per heavy atom. The number of nitrogens with zero attached hydrogens (tertiary/aromatic N) is 2. The van der Waals surface area contributed by atoms with Crippen molar-refractivity contribution < 1.29 is 19.0 Å². The fourth-order valence-corrected chi connectivity index (χ4v) is 3.46. The van der Waals surface area contributed by atoms with Gasteiger partial charge in [0.05, 0.1) is 37.9 Å². The number of allylic oxidation sites excluding steroid dienone is 1. The van der Waals surface area contributed by atoms with Crippen LogP contribution in [0.1, 0.15) is 21.9 Å². The van der Waals surface area contributed by atoms with Crippen LogP contribution in [0.15, 0.2) is 54.7 Å². The molecule has 2 heterocycles. The van der Waals surface area contributed by atoms with E-state index < -0.39 is 0 Å². The van der Waals surface area contributed by atoms with Gasteiger partial charge in [0.1, 0.15) is 5.82 Å². The molecule has 0 saturated carbocycles. The molecule has 0 radical (unpaired) electrons. The van der Waals surface area contributed by atoms with Crippen LogP contribution in [0.4, 0.5) is 0 Å². The lowest BCUT2D eigenvalue weighted by atomic mass is 10.0. The summed E-state index contributed by atoms with van der Waals surface area (Å²) in [6.07, 6.45) is 3.75. The Labute approximate surface area is 179 Å². The maximum absolute atomic E-state index is 13.7. The van der Waals surface area contributed by atoms with Crippen LogP contribution < -0.4 is 14.2 Å². The highest BCUT2D eigenvalue weighted by Crippen LogP contribution is 2.39. The van der Waals surface area contributed by atoms with Crippen molar-refractivity contribution in [3.05, 3.63) is 71.8 Å². The largest absolute Gasteiger partial charge is 0.493 e. The lowest BCUT2D eigenvalue weighted by molar-refractivity contribution is 0.105. The number of Topliss-reactive ketones (excluding diaryl/α,β-unsaturated/α-hetero) is 1. The zero-order valence-electron chi connectivity index (χ0n) is 17.8. The van der Waals surface area contributed by atoms with Gasteiger partial charge in [-0.25, -0.2) is 4.98 Å². The van der Waals surface area contributed by atoms with Crippen LogP contribution in [-0.4, -0.2) is 41.6 Å². The summed E-state index contributed by atoms with van der Waals surface area (Å²) in [5.74, 6) is 1.51. The molecule has 0 aliphatic heterocycles. The first-order valence-electron chi connectivity index (χ1n) is 9.68. The number of nitrogens with one attached hydrogen (secondary N) is 1. The van der Waals surface area contributed by atoms with Crippen LogP contribution in [0.3, 0.4) is 0 Å². The summed E-state index contributed by atoms with van der Waals surface area (Å²) < 4.78 is 18.2. The summed E-state index contributed by atoms with van der Waals surface area (Å²) in [5.41, 5.74) is 3.33. The minimum Gasteiger partial charge on any atom is -0.493 e. The lowest BCUT2D eigenvalue weighted by Gasteiger charge is -2.14. The van der Waals surface area contributed by atoms with Crippen molar-refractivity contribution in [2.24, 2.45) is 7.05 Å². The summed E-state index contributed by atoms with van der Waals surface area (Å²) in [6, 6.07) is 14.8. The van der Waals surface area contributed by atoms with Crippen LogP contribution in [0.25, 0.3) is 22.7 Å². The summed E-state index contributed by atoms with van der Waals surface area (Å²) >= 11 is 0. The summed E-state index contributed by atoms with van der Waals surface area (Å²) in [5, 5.41) is 0. The number of carbonyl (C=O) groups excluding carboxylic acids is 1. The molecule has 7 heteroatoms. The maximum Gasteiger partial charge on any atom is 0.203 e. The van der Waals surface area contributed by atoms with E-state index in [9.17, 15) is 4.79 Å². The van der Waals surface area contributed by atoms with E-state index in [0.717, 1.165) is 16.7 Å². The van der Waals surface area contributed by atoms with E-state index in [0.29, 0.717) is 34.2 Å². The van der Waals surface area contributed by atoms with Crippen LogP contribution >= 0.6 is 0 Å². The van der Waals surface area contributed by atoms with Crippen molar-refractivity contribution in [1.82, 2.24) is 14.5 Å². The second-order valence-electron chi connectivity index (χ2n) is 6.95. The normalized spacial score (nSPS) is 11.5. The van der Waals surface area contributed by atoms with Crippen molar-refractivity contribution in [1.29, 1.82) is 0 Å². The molecule has 0 saturated heterocycles. The Kier molecular flexibility index (Phi) is 5.49. The van der Waals surface area contributed by atoms with E-state index in [-0.39, 0.29) is 5.78 Å². The van der Waals surface area contributed by atoms with E-state index in [1.165, 1.54) is 21.3 Å². The molecule has 0 fully saturated rings. The van der Waals surface area contributed by atoms with Gasteiger partial charge >= 0.3 is 0 Å².